The number of fused-ring (bicyclic) bond motifs is 1. The molecular weight excluding hydrogens is 206 g/mol. The summed E-state index contributed by atoms with van der Waals surface area (Å²) in [7, 11) is 0. The van der Waals surface area contributed by atoms with Gasteiger partial charge in [-0.1, -0.05) is 12.8 Å². The van der Waals surface area contributed by atoms with Crippen molar-refractivity contribution >= 4 is 11.9 Å². The number of amides is 1. The van der Waals surface area contributed by atoms with Crippen LogP contribution in [0, 0.1) is 5.41 Å². The maximum absolute atomic E-state index is 11.8. The number of hydrogen-bond acceptors (Lipinski definition) is 2. The molecule has 2 rings (SSSR count). The molecule has 16 heavy (non-hydrogen) atoms. The van der Waals surface area contributed by atoms with Gasteiger partial charge in [-0.15, -0.1) is 0 Å². The van der Waals surface area contributed by atoms with Crippen molar-refractivity contribution in [3.8, 4) is 0 Å². The Morgan fingerprint density at radius 2 is 2.25 bits per heavy atom. The summed E-state index contributed by atoms with van der Waals surface area (Å²) in [5.41, 5.74) is -0.651. The third-order valence-corrected chi connectivity index (χ3v) is 4.24. The van der Waals surface area contributed by atoms with Gasteiger partial charge in [0.05, 0.1) is 5.41 Å². The minimum absolute atomic E-state index is 0.0648. The summed E-state index contributed by atoms with van der Waals surface area (Å²) >= 11 is 0. The maximum atomic E-state index is 11.8. The average Bonchev–Trinajstić information content (AvgIpc) is 2.29. The van der Waals surface area contributed by atoms with E-state index in [1.165, 1.54) is 0 Å². The van der Waals surface area contributed by atoms with Crippen molar-refractivity contribution in [1.29, 1.82) is 0 Å². The molecule has 0 bridgehead atoms. The third kappa shape index (κ3) is 1.51. The molecule has 90 valence electrons. The minimum Gasteiger partial charge on any atom is -0.481 e. The molecule has 1 aliphatic carbocycles. The van der Waals surface area contributed by atoms with Gasteiger partial charge >= 0.3 is 5.97 Å². The molecule has 2 atom stereocenters. The summed E-state index contributed by atoms with van der Waals surface area (Å²) in [6.07, 6.45) is 4.54. The molecule has 0 aromatic rings. The summed E-state index contributed by atoms with van der Waals surface area (Å²) in [5, 5.41) is 9.49. The molecule has 4 heteroatoms. The Morgan fingerprint density at radius 1 is 1.50 bits per heavy atom. The van der Waals surface area contributed by atoms with Crippen LogP contribution in [-0.2, 0) is 9.59 Å². The second kappa shape index (κ2) is 4.07. The third-order valence-electron chi connectivity index (χ3n) is 4.24. The van der Waals surface area contributed by atoms with Gasteiger partial charge in [0.15, 0.2) is 0 Å². The highest BCUT2D eigenvalue weighted by molar-refractivity contribution is 5.83. The van der Waals surface area contributed by atoms with E-state index in [1.54, 1.807) is 4.90 Å². The Morgan fingerprint density at radius 3 is 2.88 bits per heavy atom. The molecule has 1 saturated heterocycles. The fraction of sp³-hybridized carbons (Fsp3) is 0.833. The molecule has 4 nitrogen and oxygen atoms in total. The number of aliphatic carboxylic acids is 1. The van der Waals surface area contributed by atoms with Crippen molar-refractivity contribution in [2.24, 2.45) is 5.41 Å². The summed E-state index contributed by atoms with van der Waals surface area (Å²) in [6, 6.07) is -0.0648. The Balaban J connectivity index is 2.33. The standard InChI is InChI=1S/C12H19NO3/c1-2-13-9-5-3-4-7-12(9,11(15)16)8-6-10(13)14/h9H,2-8H2,1H3,(H,15,16)/t9-,12-/m1/s1. The van der Waals surface area contributed by atoms with Crippen LogP contribution in [0.5, 0.6) is 0 Å². The van der Waals surface area contributed by atoms with Gasteiger partial charge in [-0.2, -0.15) is 0 Å². The predicted octanol–water partition coefficient (Wildman–Crippen LogP) is 1.64. The number of nitrogens with zero attached hydrogens (tertiary/aromatic N) is 1. The van der Waals surface area contributed by atoms with Gasteiger partial charge in [-0.3, -0.25) is 9.59 Å². The Hall–Kier alpha value is -1.06. The number of rotatable bonds is 2. The number of carboxylic acid groups (broad SMARTS) is 1. The molecule has 1 saturated carbocycles. The number of hydrogen-bond donors (Lipinski definition) is 1. The average molecular weight is 225 g/mol. The Labute approximate surface area is 95.6 Å². The first-order valence-electron chi connectivity index (χ1n) is 6.14. The van der Waals surface area contributed by atoms with Gasteiger partial charge in [0.1, 0.15) is 0 Å². The summed E-state index contributed by atoms with van der Waals surface area (Å²) in [6.45, 7) is 2.57. The first-order valence-corrected chi connectivity index (χ1v) is 6.14. The summed E-state index contributed by atoms with van der Waals surface area (Å²) in [4.78, 5) is 25.1. The highest BCUT2D eigenvalue weighted by Crippen LogP contribution is 2.46. The van der Waals surface area contributed by atoms with Gasteiger partial charge in [-0.25, -0.2) is 0 Å². The zero-order chi connectivity index (χ0) is 11.8. The van der Waals surface area contributed by atoms with E-state index in [4.69, 9.17) is 0 Å². The van der Waals surface area contributed by atoms with Gasteiger partial charge in [0, 0.05) is 19.0 Å². The second-order valence-electron chi connectivity index (χ2n) is 4.90. The molecular formula is C12H19NO3. The molecule has 0 aromatic carbocycles. The van der Waals surface area contributed by atoms with E-state index in [2.05, 4.69) is 0 Å². The largest absolute Gasteiger partial charge is 0.481 e. The van der Waals surface area contributed by atoms with E-state index in [1.807, 2.05) is 6.92 Å². The van der Waals surface area contributed by atoms with E-state index in [9.17, 15) is 14.7 Å². The lowest BCUT2D eigenvalue weighted by atomic mass is 9.65. The number of carbonyl (C=O) groups is 2. The van der Waals surface area contributed by atoms with Crippen LogP contribution in [0.4, 0.5) is 0 Å². The topological polar surface area (TPSA) is 57.6 Å². The Bertz CT molecular complexity index is 315. The molecule has 2 aliphatic rings. The molecule has 0 radical (unpaired) electrons. The second-order valence-corrected chi connectivity index (χ2v) is 4.90. The lowest BCUT2D eigenvalue weighted by molar-refractivity contribution is -0.166. The zero-order valence-corrected chi connectivity index (χ0v) is 9.74. The molecule has 1 heterocycles. The van der Waals surface area contributed by atoms with Crippen LogP contribution >= 0.6 is 0 Å². The fourth-order valence-electron chi connectivity index (χ4n) is 3.37. The highest BCUT2D eigenvalue weighted by Gasteiger charge is 2.53. The van der Waals surface area contributed by atoms with E-state index < -0.39 is 11.4 Å². The molecule has 1 N–H and O–H groups in total. The van der Waals surface area contributed by atoms with Crippen LogP contribution in [0.15, 0.2) is 0 Å². The number of piperidine rings is 1. The predicted molar refractivity (Wildman–Crippen MR) is 58.9 cm³/mol. The number of likely N-dealkylation sites (tertiary alicyclic amines) is 1. The van der Waals surface area contributed by atoms with E-state index in [0.29, 0.717) is 19.4 Å². The van der Waals surface area contributed by atoms with Crippen LogP contribution in [0.3, 0.4) is 0 Å². The van der Waals surface area contributed by atoms with Crippen LogP contribution in [0.1, 0.15) is 45.4 Å². The van der Waals surface area contributed by atoms with Crippen LogP contribution in [-0.4, -0.2) is 34.5 Å². The SMILES string of the molecule is CCN1C(=O)CC[C@]2(C(=O)O)CCCC[C@@H]12. The molecule has 1 aliphatic heterocycles. The van der Waals surface area contributed by atoms with Crippen molar-refractivity contribution in [1.82, 2.24) is 4.90 Å². The number of carboxylic acids is 1. The zero-order valence-electron chi connectivity index (χ0n) is 9.74. The lowest BCUT2D eigenvalue weighted by Crippen LogP contribution is -2.59. The smallest absolute Gasteiger partial charge is 0.311 e. The van der Waals surface area contributed by atoms with Crippen LogP contribution in [0.25, 0.3) is 0 Å². The Kier molecular flexibility index (Phi) is 2.91. The molecule has 1 amide bonds. The first-order chi connectivity index (χ1) is 7.62. The normalized spacial score (nSPS) is 34.7. The fourth-order valence-corrected chi connectivity index (χ4v) is 3.37. The van der Waals surface area contributed by atoms with Crippen molar-refractivity contribution in [3.05, 3.63) is 0 Å². The van der Waals surface area contributed by atoms with Gasteiger partial charge in [0.25, 0.3) is 0 Å². The van der Waals surface area contributed by atoms with Gasteiger partial charge in [-0.05, 0) is 26.2 Å². The molecule has 2 fully saturated rings. The minimum atomic E-state index is -0.705. The summed E-state index contributed by atoms with van der Waals surface area (Å²) < 4.78 is 0. The summed E-state index contributed by atoms with van der Waals surface area (Å²) in [5.74, 6) is -0.575. The first kappa shape index (κ1) is 11.4. The lowest BCUT2D eigenvalue weighted by Gasteiger charge is -2.49. The van der Waals surface area contributed by atoms with E-state index >= 15 is 0 Å². The highest BCUT2D eigenvalue weighted by atomic mass is 16.4. The number of carbonyl (C=O) groups excluding carboxylic acids is 1. The van der Waals surface area contributed by atoms with Crippen molar-refractivity contribution in [2.45, 2.75) is 51.5 Å². The van der Waals surface area contributed by atoms with Gasteiger partial charge in [0.2, 0.25) is 5.91 Å². The van der Waals surface area contributed by atoms with Crippen molar-refractivity contribution in [2.75, 3.05) is 6.54 Å². The molecule has 0 unspecified atom stereocenters. The quantitative estimate of drug-likeness (QED) is 0.777. The van der Waals surface area contributed by atoms with Crippen LogP contribution in [0.2, 0.25) is 0 Å². The van der Waals surface area contributed by atoms with Crippen molar-refractivity contribution < 1.29 is 14.7 Å². The van der Waals surface area contributed by atoms with Crippen LogP contribution < -0.4 is 0 Å². The van der Waals surface area contributed by atoms with E-state index in [0.717, 1.165) is 25.7 Å². The maximum Gasteiger partial charge on any atom is 0.311 e. The molecule has 0 spiro atoms. The van der Waals surface area contributed by atoms with Crippen molar-refractivity contribution in [3.63, 3.8) is 0 Å². The van der Waals surface area contributed by atoms with Gasteiger partial charge < -0.3 is 10.0 Å². The monoisotopic (exact) mass is 225 g/mol. The molecule has 0 aromatic heterocycles. The van der Waals surface area contributed by atoms with E-state index in [-0.39, 0.29) is 11.9 Å².